The van der Waals surface area contributed by atoms with E-state index in [1.807, 2.05) is 12.1 Å². The van der Waals surface area contributed by atoms with Crippen LogP contribution in [0.4, 0.5) is 11.5 Å². The second kappa shape index (κ2) is 5.36. The Labute approximate surface area is 129 Å². The van der Waals surface area contributed by atoms with Crippen LogP contribution in [0.15, 0.2) is 22.8 Å². The van der Waals surface area contributed by atoms with Gasteiger partial charge in [-0.3, -0.25) is 14.8 Å². The van der Waals surface area contributed by atoms with E-state index < -0.39 is 4.92 Å². The Bertz CT molecular complexity index is 714. The molecule has 0 saturated carbocycles. The van der Waals surface area contributed by atoms with Crippen molar-refractivity contribution < 1.29 is 9.66 Å². The molecule has 0 fully saturated rings. The Morgan fingerprint density at radius 1 is 1.57 bits per heavy atom. The fourth-order valence-corrected chi connectivity index (χ4v) is 2.94. The molecule has 0 aliphatic carbocycles. The number of nitrogens with zero attached hydrogens (tertiary/aromatic N) is 3. The average molecular weight is 353 g/mol. The van der Waals surface area contributed by atoms with Crippen molar-refractivity contribution in [2.75, 3.05) is 11.9 Å². The van der Waals surface area contributed by atoms with Gasteiger partial charge in [0.2, 0.25) is 5.82 Å². The third-order valence-corrected chi connectivity index (χ3v) is 3.74. The first-order valence-corrected chi connectivity index (χ1v) is 7.20. The van der Waals surface area contributed by atoms with E-state index in [2.05, 4.69) is 26.3 Å². The molecular formula is C13H13BrN4O3. The molecule has 0 spiro atoms. The van der Waals surface area contributed by atoms with Gasteiger partial charge in [0.1, 0.15) is 11.9 Å². The third-order valence-electron chi connectivity index (χ3n) is 3.28. The minimum atomic E-state index is -0.447. The minimum Gasteiger partial charge on any atom is -0.493 e. The molecule has 0 saturated heterocycles. The molecule has 110 valence electrons. The lowest BCUT2D eigenvalue weighted by Crippen LogP contribution is -2.04. The van der Waals surface area contributed by atoms with Crippen molar-refractivity contribution in [3.8, 4) is 5.75 Å². The van der Waals surface area contributed by atoms with Crippen molar-refractivity contribution in [1.82, 2.24) is 9.78 Å². The first-order valence-electron chi connectivity index (χ1n) is 6.40. The zero-order chi connectivity index (χ0) is 15.0. The van der Waals surface area contributed by atoms with Gasteiger partial charge in [-0.1, -0.05) is 15.9 Å². The van der Waals surface area contributed by atoms with Gasteiger partial charge in [0.25, 0.3) is 0 Å². The van der Waals surface area contributed by atoms with Crippen molar-refractivity contribution in [1.29, 1.82) is 0 Å². The predicted octanol–water partition coefficient (Wildman–Crippen LogP) is 2.64. The lowest BCUT2D eigenvalue weighted by atomic mass is 10.1. The number of halogens is 1. The number of anilines is 1. The number of aromatic nitrogens is 2. The molecular weight excluding hydrogens is 340 g/mol. The lowest BCUT2D eigenvalue weighted by molar-refractivity contribution is -0.384. The molecule has 0 bridgehead atoms. The summed E-state index contributed by atoms with van der Waals surface area (Å²) in [5.41, 5.74) is 2.07. The number of nitro groups is 1. The van der Waals surface area contributed by atoms with Crippen molar-refractivity contribution in [2.45, 2.75) is 13.0 Å². The zero-order valence-corrected chi connectivity index (χ0v) is 12.9. The number of nitrogens with one attached hydrogen (secondary N) is 1. The van der Waals surface area contributed by atoms with E-state index in [9.17, 15) is 10.1 Å². The van der Waals surface area contributed by atoms with Crippen LogP contribution in [0.25, 0.3) is 0 Å². The Balaban J connectivity index is 1.84. The SMILES string of the molecule is Cn1cc([N+](=O)[O-])c(NCc2cc(Br)cc3c2OCC3)n1. The first kappa shape index (κ1) is 13.9. The second-order valence-electron chi connectivity index (χ2n) is 4.80. The molecule has 3 rings (SSSR count). The normalized spacial score (nSPS) is 12.9. The summed E-state index contributed by atoms with van der Waals surface area (Å²) < 4.78 is 8.03. The molecule has 0 unspecified atom stereocenters. The summed E-state index contributed by atoms with van der Waals surface area (Å²) in [6, 6.07) is 3.99. The maximum absolute atomic E-state index is 11.0. The van der Waals surface area contributed by atoms with Crippen LogP contribution in [-0.4, -0.2) is 21.3 Å². The zero-order valence-electron chi connectivity index (χ0n) is 11.3. The lowest BCUT2D eigenvalue weighted by Gasteiger charge is -2.09. The molecule has 2 heterocycles. The standard InChI is InChI=1S/C13H13BrN4O3/c1-17-7-11(18(19)20)13(16-17)15-6-9-5-10(14)4-8-2-3-21-12(8)9/h4-5,7H,2-3,6H2,1H3,(H,15,16). The Hall–Kier alpha value is -2.09. The van der Waals surface area contributed by atoms with Crippen molar-refractivity contribution in [3.05, 3.63) is 44.0 Å². The molecule has 1 aromatic carbocycles. The summed E-state index contributed by atoms with van der Waals surface area (Å²) in [5.74, 6) is 1.12. The smallest absolute Gasteiger partial charge is 0.330 e. The maximum Gasteiger partial charge on any atom is 0.330 e. The fraction of sp³-hybridized carbons (Fsp3) is 0.308. The molecule has 7 nitrogen and oxygen atoms in total. The van der Waals surface area contributed by atoms with Gasteiger partial charge >= 0.3 is 5.69 Å². The molecule has 1 N–H and O–H groups in total. The van der Waals surface area contributed by atoms with E-state index in [1.165, 1.54) is 10.9 Å². The summed E-state index contributed by atoms with van der Waals surface area (Å²) in [7, 11) is 1.65. The summed E-state index contributed by atoms with van der Waals surface area (Å²) >= 11 is 3.47. The molecule has 1 aromatic heterocycles. The van der Waals surface area contributed by atoms with E-state index in [0.717, 1.165) is 27.8 Å². The Morgan fingerprint density at radius 2 is 2.38 bits per heavy atom. The van der Waals surface area contributed by atoms with Crippen molar-refractivity contribution in [2.24, 2.45) is 7.05 Å². The number of aryl methyl sites for hydroxylation is 1. The van der Waals surface area contributed by atoms with E-state index in [-0.39, 0.29) is 11.5 Å². The summed E-state index contributed by atoms with van der Waals surface area (Å²) in [5, 5.41) is 18.1. The Kier molecular flexibility index (Phi) is 3.54. The van der Waals surface area contributed by atoms with E-state index in [0.29, 0.717) is 13.2 Å². The van der Waals surface area contributed by atoms with Crippen LogP contribution in [0.5, 0.6) is 5.75 Å². The van der Waals surface area contributed by atoms with E-state index in [4.69, 9.17) is 4.74 Å². The predicted molar refractivity (Wildman–Crippen MR) is 80.5 cm³/mol. The maximum atomic E-state index is 11.0. The van der Waals surface area contributed by atoms with Gasteiger partial charge in [-0.15, -0.1) is 5.10 Å². The monoisotopic (exact) mass is 352 g/mol. The van der Waals surface area contributed by atoms with Gasteiger partial charge in [-0.2, -0.15) is 0 Å². The topological polar surface area (TPSA) is 82.2 Å². The van der Waals surface area contributed by atoms with Crippen LogP contribution in [0.1, 0.15) is 11.1 Å². The molecule has 1 aliphatic heterocycles. The number of hydrogen-bond acceptors (Lipinski definition) is 5. The van der Waals surface area contributed by atoms with Crippen LogP contribution in [0, 0.1) is 10.1 Å². The van der Waals surface area contributed by atoms with Crippen LogP contribution in [-0.2, 0) is 20.0 Å². The van der Waals surface area contributed by atoms with Gasteiger partial charge in [0, 0.05) is 30.0 Å². The minimum absolute atomic E-state index is 0.0370. The van der Waals surface area contributed by atoms with Crippen LogP contribution < -0.4 is 10.1 Å². The van der Waals surface area contributed by atoms with Crippen LogP contribution in [0.2, 0.25) is 0 Å². The van der Waals surface area contributed by atoms with Gasteiger partial charge in [-0.25, -0.2) is 0 Å². The van der Waals surface area contributed by atoms with E-state index in [1.54, 1.807) is 7.05 Å². The van der Waals surface area contributed by atoms with Gasteiger partial charge in [0.15, 0.2) is 0 Å². The van der Waals surface area contributed by atoms with Crippen LogP contribution in [0.3, 0.4) is 0 Å². The number of hydrogen-bond donors (Lipinski definition) is 1. The average Bonchev–Trinajstić information content (AvgIpc) is 3.01. The number of benzene rings is 1. The molecule has 2 aromatic rings. The van der Waals surface area contributed by atoms with Crippen molar-refractivity contribution in [3.63, 3.8) is 0 Å². The van der Waals surface area contributed by atoms with Crippen molar-refractivity contribution >= 4 is 27.4 Å². The summed E-state index contributed by atoms with van der Waals surface area (Å²) in [4.78, 5) is 10.5. The summed E-state index contributed by atoms with van der Waals surface area (Å²) in [6.07, 6.45) is 2.26. The first-order chi connectivity index (χ1) is 10.0. The fourth-order valence-electron chi connectivity index (χ4n) is 2.39. The molecule has 8 heteroatoms. The highest BCUT2D eigenvalue weighted by molar-refractivity contribution is 9.10. The highest BCUT2D eigenvalue weighted by atomic mass is 79.9. The highest BCUT2D eigenvalue weighted by Crippen LogP contribution is 2.33. The van der Waals surface area contributed by atoms with E-state index >= 15 is 0 Å². The third kappa shape index (κ3) is 2.71. The molecule has 21 heavy (non-hydrogen) atoms. The number of ether oxygens (including phenoxy) is 1. The van der Waals surface area contributed by atoms with Gasteiger partial charge < -0.3 is 10.1 Å². The largest absolute Gasteiger partial charge is 0.493 e. The number of fused-ring (bicyclic) bond motifs is 1. The molecule has 0 radical (unpaired) electrons. The van der Waals surface area contributed by atoms with Gasteiger partial charge in [0.05, 0.1) is 11.5 Å². The quantitative estimate of drug-likeness (QED) is 0.675. The second-order valence-corrected chi connectivity index (χ2v) is 5.71. The molecule has 0 amide bonds. The Morgan fingerprint density at radius 3 is 3.14 bits per heavy atom. The van der Waals surface area contributed by atoms with Gasteiger partial charge in [-0.05, 0) is 17.7 Å². The molecule has 0 atom stereocenters. The number of rotatable bonds is 4. The highest BCUT2D eigenvalue weighted by Gasteiger charge is 2.21. The molecule has 1 aliphatic rings. The van der Waals surface area contributed by atoms with Crippen LogP contribution >= 0.6 is 15.9 Å². The summed E-state index contributed by atoms with van der Waals surface area (Å²) in [6.45, 7) is 1.09.